The van der Waals surface area contributed by atoms with Crippen LogP contribution < -0.4 is 4.74 Å². The first kappa shape index (κ1) is 16.6. The van der Waals surface area contributed by atoms with E-state index >= 15 is 0 Å². The third-order valence-electron chi connectivity index (χ3n) is 3.63. The van der Waals surface area contributed by atoms with E-state index in [4.69, 9.17) is 10.00 Å². The van der Waals surface area contributed by atoms with Crippen LogP contribution in [0.2, 0.25) is 0 Å². The monoisotopic (exact) mass is 312 g/mol. The van der Waals surface area contributed by atoms with Crippen molar-refractivity contribution < 1.29 is 9.53 Å². The molecule has 0 radical (unpaired) electrons. The summed E-state index contributed by atoms with van der Waals surface area (Å²) in [6.07, 6.45) is 1.53. The van der Waals surface area contributed by atoms with Gasteiger partial charge in [-0.25, -0.2) is 0 Å². The number of aromatic amines is 1. The summed E-state index contributed by atoms with van der Waals surface area (Å²) in [7, 11) is 1.61. The molecule has 0 aliphatic carbocycles. The molecule has 0 saturated heterocycles. The Hall–Kier alpha value is -2.81. The number of hydrogen-bond donors (Lipinski definition) is 1. The van der Waals surface area contributed by atoms with Gasteiger partial charge in [-0.2, -0.15) is 10.4 Å². The number of rotatable bonds is 6. The van der Waals surface area contributed by atoms with Crippen molar-refractivity contribution in [2.45, 2.75) is 13.8 Å². The number of H-pyrrole nitrogens is 1. The second-order valence-corrected chi connectivity index (χ2v) is 5.26. The topological polar surface area (TPSA) is 82.0 Å². The fraction of sp³-hybridized carbons (Fsp3) is 0.353. The lowest BCUT2D eigenvalue weighted by Crippen LogP contribution is -2.34. The first-order valence-electron chi connectivity index (χ1n) is 7.47. The van der Waals surface area contributed by atoms with Crippen LogP contribution in [-0.2, 0) is 0 Å². The number of nitrogens with one attached hydrogen (secondary N) is 1. The second-order valence-electron chi connectivity index (χ2n) is 5.26. The average molecular weight is 312 g/mol. The third kappa shape index (κ3) is 3.69. The van der Waals surface area contributed by atoms with Crippen LogP contribution in [0.5, 0.6) is 5.75 Å². The Balaban J connectivity index is 2.28. The highest BCUT2D eigenvalue weighted by molar-refractivity contribution is 5.99. The van der Waals surface area contributed by atoms with Crippen LogP contribution in [-0.4, -0.2) is 41.2 Å². The van der Waals surface area contributed by atoms with E-state index in [9.17, 15) is 4.79 Å². The molecule has 2 aromatic rings. The van der Waals surface area contributed by atoms with Gasteiger partial charge in [0.1, 0.15) is 5.75 Å². The first-order valence-corrected chi connectivity index (χ1v) is 7.47. The number of hydrogen-bond acceptors (Lipinski definition) is 4. The minimum absolute atomic E-state index is 0.130. The Kier molecular flexibility index (Phi) is 5.36. The number of methoxy groups -OCH3 is 1. The highest BCUT2D eigenvalue weighted by Gasteiger charge is 2.21. The van der Waals surface area contributed by atoms with Gasteiger partial charge in [0, 0.05) is 18.7 Å². The summed E-state index contributed by atoms with van der Waals surface area (Å²) in [5, 5.41) is 15.8. The van der Waals surface area contributed by atoms with Gasteiger partial charge < -0.3 is 9.64 Å². The fourth-order valence-corrected chi connectivity index (χ4v) is 2.32. The molecule has 0 aliphatic heterocycles. The summed E-state index contributed by atoms with van der Waals surface area (Å²) in [6.45, 7) is 4.64. The summed E-state index contributed by atoms with van der Waals surface area (Å²) in [5.41, 5.74) is 2.03. The molecule has 0 fully saturated rings. The SMILES string of the molecule is CCN(C[C@@H](C)C#N)C(=O)c1cn[nH]c1-c1ccc(OC)cc1. The number of amides is 1. The predicted molar refractivity (Wildman–Crippen MR) is 86.9 cm³/mol. The number of aromatic nitrogens is 2. The quantitative estimate of drug-likeness (QED) is 0.889. The van der Waals surface area contributed by atoms with Crippen LogP contribution >= 0.6 is 0 Å². The molecule has 0 aliphatic rings. The molecular weight excluding hydrogens is 292 g/mol. The van der Waals surface area contributed by atoms with Crippen molar-refractivity contribution in [2.75, 3.05) is 20.2 Å². The molecule has 6 nitrogen and oxygen atoms in total. The standard InChI is InChI=1S/C17H20N4O2/c1-4-21(11-12(2)9-18)17(22)15-10-19-20-16(15)13-5-7-14(23-3)8-6-13/h5-8,10,12H,4,11H2,1-3H3,(H,19,20)/t12-/m0/s1. The number of ether oxygens (including phenoxy) is 1. The maximum absolute atomic E-state index is 12.7. The summed E-state index contributed by atoms with van der Waals surface area (Å²) >= 11 is 0. The normalized spacial score (nSPS) is 11.6. The largest absolute Gasteiger partial charge is 0.497 e. The van der Waals surface area contributed by atoms with Crippen molar-refractivity contribution in [2.24, 2.45) is 5.92 Å². The third-order valence-corrected chi connectivity index (χ3v) is 3.63. The van der Waals surface area contributed by atoms with Gasteiger partial charge in [-0.3, -0.25) is 9.89 Å². The molecule has 6 heteroatoms. The van der Waals surface area contributed by atoms with E-state index in [1.807, 2.05) is 31.2 Å². The van der Waals surface area contributed by atoms with Gasteiger partial charge in [0.2, 0.25) is 0 Å². The number of carbonyl (C=O) groups is 1. The molecule has 0 bridgehead atoms. The van der Waals surface area contributed by atoms with E-state index < -0.39 is 0 Å². The van der Waals surface area contributed by atoms with E-state index in [-0.39, 0.29) is 11.8 Å². The molecule has 0 saturated carbocycles. The van der Waals surface area contributed by atoms with Crippen molar-refractivity contribution in [1.82, 2.24) is 15.1 Å². The molecule has 2 rings (SSSR count). The molecular formula is C17H20N4O2. The highest BCUT2D eigenvalue weighted by Crippen LogP contribution is 2.24. The Morgan fingerprint density at radius 3 is 2.70 bits per heavy atom. The van der Waals surface area contributed by atoms with E-state index in [0.717, 1.165) is 11.3 Å². The van der Waals surface area contributed by atoms with Crippen molar-refractivity contribution in [3.05, 3.63) is 36.0 Å². The maximum atomic E-state index is 12.7. The fourth-order valence-electron chi connectivity index (χ4n) is 2.32. The molecule has 0 unspecified atom stereocenters. The number of nitriles is 1. The van der Waals surface area contributed by atoms with Gasteiger partial charge in [-0.1, -0.05) is 0 Å². The molecule has 0 spiro atoms. The lowest BCUT2D eigenvalue weighted by Gasteiger charge is -2.21. The molecule has 1 amide bonds. The van der Waals surface area contributed by atoms with Gasteiger partial charge in [-0.05, 0) is 38.1 Å². The van der Waals surface area contributed by atoms with Crippen LogP contribution in [0.15, 0.2) is 30.5 Å². The number of carbonyl (C=O) groups excluding carboxylic acids is 1. The molecule has 23 heavy (non-hydrogen) atoms. The van der Waals surface area contributed by atoms with Gasteiger partial charge in [0.15, 0.2) is 0 Å². The number of nitrogens with zero attached hydrogens (tertiary/aromatic N) is 3. The summed E-state index contributed by atoms with van der Waals surface area (Å²) in [4.78, 5) is 14.4. The first-order chi connectivity index (χ1) is 11.1. The zero-order chi connectivity index (χ0) is 16.8. The lowest BCUT2D eigenvalue weighted by molar-refractivity contribution is 0.0753. The van der Waals surface area contributed by atoms with Crippen LogP contribution in [0.4, 0.5) is 0 Å². The summed E-state index contributed by atoms with van der Waals surface area (Å²) < 4.78 is 5.14. The minimum Gasteiger partial charge on any atom is -0.497 e. The summed E-state index contributed by atoms with van der Waals surface area (Å²) in [6, 6.07) is 9.57. The van der Waals surface area contributed by atoms with Crippen LogP contribution in [0, 0.1) is 17.2 Å². The van der Waals surface area contributed by atoms with Gasteiger partial charge in [0.25, 0.3) is 5.91 Å². The van der Waals surface area contributed by atoms with Crippen molar-refractivity contribution in [1.29, 1.82) is 5.26 Å². The molecule has 120 valence electrons. The second kappa shape index (κ2) is 7.45. The number of benzene rings is 1. The molecule has 1 aromatic carbocycles. The average Bonchev–Trinajstić information content (AvgIpc) is 3.08. The van der Waals surface area contributed by atoms with Gasteiger partial charge >= 0.3 is 0 Å². The molecule has 1 N–H and O–H groups in total. The predicted octanol–water partition coefficient (Wildman–Crippen LogP) is 2.71. The smallest absolute Gasteiger partial charge is 0.257 e. The maximum Gasteiger partial charge on any atom is 0.257 e. The zero-order valence-electron chi connectivity index (χ0n) is 13.5. The van der Waals surface area contributed by atoms with Crippen molar-refractivity contribution in [3.8, 4) is 23.1 Å². The lowest BCUT2D eigenvalue weighted by atomic mass is 10.1. The van der Waals surface area contributed by atoms with Crippen LogP contribution in [0.3, 0.4) is 0 Å². The van der Waals surface area contributed by atoms with Crippen LogP contribution in [0.1, 0.15) is 24.2 Å². The van der Waals surface area contributed by atoms with E-state index in [0.29, 0.717) is 24.3 Å². The Morgan fingerprint density at radius 2 is 2.13 bits per heavy atom. The van der Waals surface area contributed by atoms with E-state index in [1.165, 1.54) is 6.20 Å². The molecule has 1 aromatic heterocycles. The Labute approximate surface area is 135 Å². The zero-order valence-corrected chi connectivity index (χ0v) is 13.5. The molecule has 1 atom stereocenters. The summed E-state index contributed by atoms with van der Waals surface area (Å²) in [5.74, 6) is 0.406. The minimum atomic E-state index is -0.213. The van der Waals surface area contributed by atoms with Gasteiger partial charge in [0.05, 0.1) is 36.6 Å². The highest BCUT2D eigenvalue weighted by atomic mass is 16.5. The van der Waals surface area contributed by atoms with Gasteiger partial charge in [-0.15, -0.1) is 0 Å². The van der Waals surface area contributed by atoms with Crippen molar-refractivity contribution >= 4 is 5.91 Å². The van der Waals surface area contributed by atoms with E-state index in [2.05, 4.69) is 16.3 Å². The van der Waals surface area contributed by atoms with E-state index in [1.54, 1.807) is 18.9 Å². The van der Waals surface area contributed by atoms with Crippen LogP contribution in [0.25, 0.3) is 11.3 Å². The molecule has 1 heterocycles. The Bertz CT molecular complexity index is 700. The van der Waals surface area contributed by atoms with Crippen molar-refractivity contribution in [3.63, 3.8) is 0 Å². The Morgan fingerprint density at radius 1 is 1.43 bits per heavy atom.